The smallest absolute Gasteiger partial charge is 0.138 e. The van der Waals surface area contributed by atoms with E-state index in [-0.39, 0.29) is 0 Å². The lowest BCUT2D eigenvalue weighted by Gasteiger charge is -2.06. The minimum absolute atomic E-state index is 0.545. The Hall–Kier alpha value is -0.890. The summed E-state index contributed by atoms with van der Waals surface area (Å²) in [6.07, 6.45) is 0.723. The van der Waals surface area contributed by atoms with E-state index in [1.807, 2.05) is 0 Å². The maximum Gasteiger partial charge on any atom is 0.138 e. The Labute approximate surface area is 77.3 Å². The summed E-state index contributed by atoms with van der Waals surface area (Å²) in [5.74, 6) is 0.662. The van der Waals surface area contributed by atoms with Gasteiger partial charge in [0.05, 0.1) is 11.6 Å². The maximum absolute atomic E-state index is 5.84. The number of hydrogen-bond donors (Lipinski definition) is 1. The van der Waals surface area contributed by atoms with Gasteiger partial charge in [-0.15, -0.1) is 0 Å². The van der Waals surface area contributed by atoms with E-state index in [2.05, 4.69) is 6.92 Å². The Bertz CT molecular complexity index is 263. The number of ether oxygens (including phenoxy) is 1. The maximum atomic E-state index is 5.84. The molecule has 0 bridgehead atoms. The summed E-state index contributed by atoms with van der Waals surface area (Å²) in [5, 5.41) is 0.545. The molecule has 0 saturated carbocycles. The van der Waals surface area contributed by atoms with Crippen LogP contribution in [0, 0.1) is 6.92 Å². The molecule has 0 fully saturated rings. The molecule has 0 amide bonds. The van der Waals surface area contributed by atoms with Crippen molar-refractivity contribution in [1.29, 1.82) is 0 Å². The van der Waals surface area contributed by atoms with Gasteiger partial charge in [0.2, 0.25) is 0 Å². The highest BCUT2D eigenvalue weighted by Crippen LogP contribution is 2.26. The zero-order valence-corrected chi connectivity index (χ0v) is 7.47. The van der Waals surface area contributed by atoms with Crippen LogP contribution in [0.5, 0.6) is 5.75 Å². The third-order valence-electron chi connectivity index (χ3n) is 1.36. The van der Waals surface area contributed by atoms with E-state index in [0.717, 1.165) is 6.42 Å². The summed E-state index contributed by atoms with van der Waals surface area (Å²) in [4.78, 5) is 0. The number of halogens is 1. The zero-order chi connectivity index (χ0) is 8.97. The average Bonchev–Trinajstić information content (AvgIpc) is 2.03. The van der Waals surface area contributed by atoms with Crippen molar-refractivity contribution in [2.45, 2.75) is 6.42 Å². The molecular formula is C9H11ClNO. The number of anilines is 1. The first-order chi connectivity index (χ1) is 5.74. The van der Waals surface area contributed by atoms with E-state index in [1.165, 1.54) is 0 Å². The van der Waals surface area contributed by atoms with Crippen LogP contribution in [0.2, 0.25) is 5.02 Å². The molecule has 0 spiro atoms. The summed E-state index contributed by atoms with van der Waals surface area (Å²) in [5.41, 5.74) is 6.14. The van der Waals surface area contributed by atoms with Crippen molar-refractivity contribution in [3.8, 4) is 5.75 Å². The molecule has 1 radical (unpaired) electrons. The molecule has 0 aliphatic rings. The Morgan fingerprint density at radius 3 is 2.83 bits per heavy atom. The number of rotatable bonds is 3. The summed E-state index contributed by atoms with van der Waals surface area (Å²) in [7, 11) is 0. The largest absolute Gasteiger partial charge is 0.492 e. The van der Waals surface area contributed by atoms with Crippen molar-refractivity contribution in [2.75, 3.05) is 12.3 Å². The Morgan fingerprint density at radius 2 is 2.25 bits per heavy atom. The first kappa shape index (κ1) is 9.20. The topological polar surface area (TPSA) is 35.2 Å². The van der Waals surface area contributed by atoms with E-state index < -0.39 is 0 Å². The van der Waals surface area contributed by atoms with Gasteiger partial charge in [0.15, 0.2) is 0 Å². The standard InChI is InChI=1S/C9H11ClNO/c1-2-5-12-9-4-3-7(11)6-8(9)10/h3-4,6H,1-2,5,11H2. The van der Waals surface area contributed by atoms with E-state index in [9.17, 15) is 0 Å². The van der Waals surface area contributed by atoms with Crippen LogP contribution < -0.4 is 10.5 Å². The van der Waals surface area contributed by atoms with E-state index in [1.54, 1.807) is 18.2 Å². The highest BCUT2D eigenvalue weighted by Gasteiger charge is 1.99. The monoisotopic (exact) mass is 184 g/mol. The predicted octanol–water partition coefficient (Wildman–Crippen LogP) is 2.53. The lowest BCUT2D eigenvalue weighted by atomic mass is 10.3. The molecule has 0 aromatic heterocycles. The second-order valence-electron chi connectivity index (χ2n) is 2.39. The van der Waals surface area contributed by atoms with Crippen molar-refractivity contribution >= 4 is 17.3 Å². The quantitative estimate of drug-likeness (QED) is 0.733. The van der Waals surface area contributed by atoms with Gasteiger partial charge in [0.25, 0.3) is 0 Å². The van der Waals surface area contributed by atoms with Crippen LogP contribution in [0.15, 0.2) is 18.2 Å². The van der Waals surface area contributed by atoms with Crippen LogP contribution in [-0.2, 0) is 0 Å². The minimum Gasteiger partial charge on any atom is -0.492 e. The third kappa shape index (κ3) is 2.31. The third-order valence-corrected chi connectivity index (χ3v) is 1.65. The highest BCUT2D eigenvalue weighted by atomic mass is 35.5. The molecule has 65 valence electrons. The Morgan fingerprint density at radius 1 is 1.50 bits per heavy atom. The number of nitrogen functional groups attached to an aromatic ring is 1. The number of benzene rings is 1. The lowest BCUT2D eigenvalue weighted by Crippen LogP contribution is -1.96. The molecule has 0 aliphatic heterocycles. The summed E-state index contributed by atoms with van der Waals surface area (Å²) >= 11 is 5.84. The lowest BCUT2D eigenvalue weighted by molar-refractivity contribution is 0.324. The normalized spacial score (nSPS) is 9.83. The second-order valence-corrected chi connectivity index (χ2v) is 2.80. The summed E-state index contributed by atoms with van der Waals surface area (Å²) in [6.45, 7) is 4.23. The zero-order valence-electron chi connectivity index (χ0n) is 6.72. The van der Waals surface area contributed by atoms with Gasteiger partial charge in [-0.1, -0.05) is 11.6 Å². The van der Waals surface area contributed by atoms with Crippen LogP contribution in [0.25, 0.3) is 0 Å². The van der Waals surface area contributed by atoms with Crippen LogP contribution >= 0.6 is 11.6 Å². The van der Waals surface area contributed by atoms with Crippen LogP contribution in [-0.4, -0.2) is 6.61 Å². The summed E-state index contributed by atoms with van der Waals surface area (Å²) in [6, 6.07) is 5.18. The van der Waals surface area contributed by atoms with Gasteiger partial charge in [-0.2, -0.15) is 0 Å². The van der Waals surface area contributed by atoms with E-state index in [4.69, 9.17) is 22.1 Å². The van der Waals surface area contributed by atoms with Gasteiger partial charge in [0, 0.05) is 5.69 Å². The number of hydrogen-bond acceptors (Lipinski definition) is 2. The molecule has 1 aromatic rings. The second kappa shape index (κ2) is 4.21. The Balaban J connectivity index is 2.72. The molecule has 0 aliphatic carbocycles. The molecule has 0 heterocycles. The molecule has 1 rings (SSSR count). The molecule has 0 unspecified atom stereocenters. The van der Waals surface area contributed by atoms with Crippen molar-refractivity contribution in [2.24, 2.45) is 0 Å². The first-order valence-corrected chi connectivity index (χ1v) is 4.09. The van der Waals surface area contributed by atoms with Crippen LogP contribution in [0.3, 0.4) is 0 Å². The van der Waals surface area contributed by atoms with E-state index >= 15 is 0 Å². The predicted molar refractivity (Wildman–Crippen MR) is 51.3 cm³/mol. The molecule has 2 nitrogen and oxygen atoms in total. The number of nitrogens with two attached hydrogens (primary N) is 1. The summed E-state index contributed by atoms with van der Waals surface area (Å²) < 4.78 is 5.29. The van der Waals surface area contributed by atoms with Gasteiger partial charge in [-0.3, -0.25) is 0 Å². The Kier molecular flexibility index (Phi) is 3.23. The molecule has 3 heteroatoms. The van der Waals surface area contributed by atoms with Crippen molar-refractivity contribution in [3.05, 3.63) is 30.1 Å². The SMILES string of the molecule is [CH2]CCOc1ccc(N)cc1Cl. The van der Waals surface area contributed by atoms with Gasteiger partial charge >= 0.3 is 0 Å². The molecular weight excluding hydrogens is 174 g/mol. The van der Waals surface area contributed by atoms with E-state index in [0.29, 0.717) is 23.1 Å². The van der Waals surface area contributed by atoms with Gasteiger partial charge < -0.3 is 10.5 Å². The molecule has 2 N–H and O–H groups in total. The van der Waals surface area contributed by atoms with Gasteiger partial charge in [-0.25, -0.2) is 0 Å². The van der Waals surface area contributed by atoms with Crippen molar-refractivity contribution in [3.63, 3.8) is 0 Å². The average molecular weight is 185 g/mol. The molecule has 0 saturated heterocycles. The first-order valence-electron chi connectivity index (χ1n) is 3.71. The molecule has 1 aromatic carbocycles. The van der Waals surface area contributed by atoms with Crippen molar-refractivity contribution in [1.82, 2.24) is 0 Å². The fraction of sp³-hybridized carbons (Fsp3) is 0.222. The van der Waals surface area contributed by atoms with Crippen LogP contribution in [0.4, 0.5) is 5.69 Å². The fourth-order valence-corrected chi connectivity index (χ4v) is 1.06. The molecule has 0 atom stereocenters. The van der Waals surface area contributed by atoms with Gasteiger partial charge in [0.1, 0.15) is 5.75 Å². The molecule has 12 heavy (non-hydrogen) atoms. The fourth-order valence-electron chi connectivity index (χ4n) is 0.816. The highest BCUT2D eigenvalue weighted by molar-refractivity contribution is 6.32. The van der Waals surface area contributed by atoms with Crippen molar-refractivity contribution < 1.29 is 4.74 Å². The van der Waals surface area contributed by atoms with Crippen LogP contribution in [0.1, 0.15) is 6.42 Å². The minimum atomic E-state index is 0.545. The van der Waals surface area contributed by atoms with Gasteiger partial charge in [-0.05, 0) is 31.5 Å².